The summed E-state index contributed by atoms with van der Waals surface area (Å²) in [6, 6.07) is 5.99. The van der Waals surface area contributed by atoms with Gasteiger partial charge in [-0.25, -0.2) is 4.98 Å². The fraction of sp³-hybridized carbons (Fsp3) is 0.308. The Balaban J connectivity index is 1.96. The lowest BCUT2D eigenvalue weighted by Gasteiger charge is -2.08. The van der Waals surface area contributed by atoms with Crippen LogP contribution in [-0.4, -0.2) is 12.1 Å². The van der Waals surface area contributed by atoms with Crippen LogP contribution >= 0.6 is 27.3 Å². The highest BCUT2D eigenvalue weighted by molar-refractivity contribution is 9.10. The van der Waals surface area contributed by atoms with Gasteiger partial charge in [-0.2, -0.15) is 0 Å². The van der Waals surface area contributed by atoms with Crippen molar-refractivity contribution in [2.45, 2.75) is 20.0 Å². The van der Waals surface area contributed by atoms with Crippen molar-refractivity contribution in [3.05, 3.63) is 44.3 Å². The molecule has 0 saturated carbocycles. The van der Waals surface area contributed by atoms with Crippen molar-refractivity contribution < 1.29 is 4.74 Å². The smallest absolute Gasteiger partial charge is 0.119 e. The average Bonchev–Trinajstić information content (AvgIpc) is 2.77. The third-order valence-electron chi connectivity index (χ3n) is 2.70. The van der Waals surface area contributed by atoms with Gasteiger partial charge in [-0.15, -0.1) is 11.3 Å². The Labute approximate surface area is 119 Å². The van der Waals surface area contributed by atoms with Crippen LogP contribution in [-0.2, 0) is 13.1 Å². The molecule has 0 amide bonds. The number of nitrogens with one attached hydrogen (secondary N) is 1. The second-order valence-corrected chi connectivity index (χ2v) is 5.72. The average molecular weight is 327 g/mol. The minimum atomic E-state index is 0.801. The van der Waals surface area contributed by atoms with E-state index in [-0.39, 0.29) is 0 Å². The molecule has 0 bridgehead atoms. The molecule has 0 radical (unpaired) electrons. The third-order valence-corrected chi connectivity index (χ3v) is 4.41. The molecule has 5 heteroatoms. The molecule has 2 rings (SSSR count). The Morgan fingerprint density at radius 2 is 2.22 bits per heavy atom. The van der Waals surface area contributed by atoms with Crippen LogP contribution in [0.1, 0.15) is 16.1 Å². The van der Waals surface area contributed by atoms with Gasteiger partial charge in [0, 0.05) is 22.4 Å². The highest BCUT2D eigenvalue weighted by Gasteiger charge is 2.04. The van der Waals surface area contributed by atoms with Crippen LogP contribution < -0.4 is 10.1 Å². The Morgan fingerprint density at radius 1 is 1.39 bits per heavy atom. The first-order valence-corrected chi connectivity index (χ1v) is 7.30. The van der Waals surface area contributed by atoms with E-state index < -0.39 is 0 Å². The fourth-order valence-electron chi connectivity index (χ4n) is 1.62. The molecule has 2 aromatic rings. The van der Waals surface area contributed by atoms with Crippen molar-refractivity contribution in [3.63, 3.8) is 0 Å². The van der Waals surface area contributed by atoms with Gasteiger partial charge in [-0.1, -0.05) is 15.9 Å². The molecule has 1 aromatic heterocycles. The highest BCUT2D eigenvalue weighted by Crippen LogP contribution is 2.22. The number of rotatable bonds is 5. The number of halogens is 1. The van der Waals surface area contributed by atoms with Crippen molar-refractivity contribution in [1.29, 1.82) is 0 Å². The summed E-state index contributed by atoms with van der Waals surface area (Å²) >= 11 is 5.23. The van der Waals surface area contributed by atoms with E-state index in [1.54, 1.807) is 18.4 Å². The number of aryl methyl sites for hydroxylation is 1. The van der Waals surface area contributed by atoms with E-state index in [2.05, 4.69) is 26.2 Å². The monoisotopic (exact) mass is 326 g/mol. The Morgan fingerprint density at radius 3 is 2.89 bits per heavy atom. The largest absolute Gasteiger partial charge is 0.497 e. The van der Waals surface area contributed by atoms with Crippen molar-refractivity contribution in [2.75, 3.05) is 7.11 Å². The van der Waals surface area contributed by atoms with E-state index in [0.717, 1.165) is 29.0 Å². The molecule has 0 atom stereocenters. The zero-order valence-corrected chi connectivity index (χ0v) is 12.8. The van der Waals surface area contributed by atoms with Crippen LogP contribution in [0.3, 0.4) is 0 Å². The Kier molecular flexibility index (Phi) is 4.74. The maximum absolute atomic E-state index is 5.22. The molecule has 0 aliphatic heterocycles. The van der Waals surface area contributed by atoms with Crippen molar-refractivity contribution in [3.8, 4) is 5.75 Å². The van der Waals surface area contributed by atoms with Crippen LogP contribution in [0.4, 0.5) is 0 Å². The second kappa shape index (κ2) is 6.31. The molecule has 0 aliphatic rings. The summed E-state index contributed by atoms with van der Waals surface area (Å²) in [6.45, 7) is 3.68. The molecule has 3 nitrogen and oxygen atoms in total. The van der Waals surface area contributed by atoms with Gasteiger partial charge in [0.1, 0.15) is 5.75 Å². The lowest BCUT2D eigenvalue weighted by Crippen LogP contribution is -2.13. The molecule has 0 fully saturated rings. The summed E-state index contributed by atoms with van der Waals surface area (Å²) < 4.78 is 6.32. The van der Waals surface area contributed by atoms with Crippen molar-refractivity contribution >= 4 is 27.3 Å². The first kappa shape index (κ1) is 13.5. The summed E-state index contributed by atoms with van der Waals surface area (Å²) in [5, 5.41) is 3.42. The van der Waals surface area contributed by atoms with Crippen LogP contribution in [0.2, 0.25) is 0 Å². The van der Waals surface area contributed by atoms with Crippen molar-refractivity contribution in [1.82, 2.24) is 10.3 Å². The summed E-state index contributed by atoms with van der Waals surface area (Å²) in [5.41, 5.74) is 4.18. The summed E-state index contributed by atoms with van der Waals surface area (Å²) in [5.74, 6) is 0.879. The molecule has 0 aliphatic carbocycles. The van der Waals surface area contributed by atoms with Crippen LogP contribution in [0.15, 0.2) is 28.2 Å². The lowest BCUT2D eigenvalue weighted by molar-refractivity contribution is 0.414. The number of methoxy groups -OCH3 is 1. The normalized spacial score (nSPS) is 10.6. The maximum atomic E-state index is 5.22. The topological polar surface area (TPSA) is 34.1 Å². The van der Waals surface area contributed by atoms with E-state index in [1.165, 1.54) is 10.4 Å². The Bertz CT molecular complexity index is 527. The minimum Gasteiger partial charge on any atom is -0.497 e. The molecule has 18 heavy (non-hydrogen) atoms. The van der Waals surface area contributed by atoms with Gasteiger partial charge in [0.15, 0.2) is 0 Å². The SMILES string of the molecule is COc1ccc(Br)c(CNCc2scnc2C)c1. The standard InChI is InChI=1S/C13H15BrN2OS/c1-9-13(18-8-16-9)7-15-6-10-5-11(17-2)3-4-12(10)14/h3-5,8,15H,6-7H2,1-2H3. The molecule has 1 N–H and O–H groups in total. The lowest BCUT2D eigenvalue weighted by atomic mass is 10.2. The molecular formula is C13H15BrN2OS. The highest BCUT2D eigenvalue weighted by atomic mass is 79.9. The van der Waals surface area contributed by atoms with Gasteiger partial charge in [-0.3, -0.25) is 0 Å². The van der Waals surface area contributed by atoms with Crippen LogP contribution in [0.5, 0.6) is 5.75 Å². The fourth-order valence-corrected chi connectivity index (χ4v) is 2.75. The zero-order chi connectivity index (χ0) is 13.0. The summed E-state index contributed by atoms with van der Waals surface area (Å²) in [7, 11) is 1.68. The van der Waals surface area contributed by atoms with E-state index in [0.29, 0.717) is 0 Å². The minimum absolute atomic E-state index is 0.801. The summed E-state index contributed by atoms with van der Waals surface area (Å²) in [6.07, 6.45) is 0. The molecule has 0 unspecified atom stereocenters. The number of ether oxygens (including phenoxy) is 1. The van der Waals surface area contributed by atoms with Gasteiger partial charge in [0.05, 0.1) is 18.3 Å². The number of thiazole rings is 1. The number of nitrogens with zero attached hydrogens (tertiary/aromatic N) is 1. The first-order valence-electron chi connectivity index (χ1n) is 5.63. The number of hydrogen-bond acceptors (Lipinski definition) is 4. The number of benzene rings is 1. The van der Waals surface area contributed by atoms with Gasteiger partial charge in [0.2, 0.25) is 0 Å². The quantitative estimate of drug-likeness (QED) is 0.912. The molecule has 96 valence electrons. The Hall–Kier alpha value is -0.910. The van der Waals surface area contributed by atoms with Gasteiger partial charge in [0.25, 0.3) is 0 Å². The van der Waals surface area contributed by atoms with E-state index >= 15 is 0 Å². The molecule has 0 spiro atoms. The summed E-state index contributed by atoms with van der Waals surface area (Å²) in [4.78, 5) is 5.52. The predicted molar refractivity (Wildman–Crippen MR) is 78.1 cm³/mol. The predicted octanol–water partition coefficient (Wildman–Crippen LogP) is 3.51. The second-order valence-electron chi connectivity index (χ2n) is 3.92. The zero-order valence-electron chi connectivity index (χ0n) is 10.4. The van der Waals surface area contributed by atoms with E-state index in [9.17, 15) is 0 Å². The number of hydrogen-bond donors (Lipinski definition) is 1. The van der Waals surface area contributed by atoms with E-state index in [1.807, 2.05) is 30.6 Å². The van der Waals surface area contributed by atoms with Crippen LogP contribution in [0, 0.1) is 6.92 Å². The van der Waals surface area contributed by atoms with Gasteiger partial charge in [-0.05, 0) is 30.7 Å². The van der Waals surface area contributed by atoms with Crippen LogP contribution in [0.25, 0.3) is 0 Å². The van der Waals surface area contributed by atoms with E-state index in [4.69, 9.17) is 4.74 Å². The third kappa shape index (κ3) is 3.31. The molecule has 1 aromatic carbocycles. The maximum Gasteiger partial charge on any atom is 0.119 e. The van der Waals surface area contributed by atoms with Gasteiger partial charge >= 0.3 is 0 Å². The first-order chi connectivity index (χ1) is 8.70. The van der Waals surface area contributed by atoms with Gasteiger partial charge < -0.3 is 10.1 Å². The number of aromatic nitrogens is 1. The van der Waals surface area contributed by atoms with Crippen molar-refractivity contribution in [2.24, 2.45) is 0 Å². The molecular weight excluding hydrogens is 312 g/mol. The molecule has 1 heterocycles. The molecule has 0 saturated heterocycles.